The van der Waals surface area contributed by atoms with E-state index in [4.69, 9.17) is 0 Å². The highest BCUT2D eigenvalue weighted by Crippen LogP contribution is 2.19. The summed E-state index contributed by atoms with van der Waals surface area (Å²) < 4.78 is 13.3. The minimum atomic E-state index is -0.242. The summed E-state index contributed by atoms with van der Waals surface area (Å²) in [7, 11) is 1.63. The number of hydrogen-bond acceptors (Lipinski definition) is 2. The number of fused-ring (bicyclic) bond motifs is 1. The van der Waals surface area contributed by atoms with Gasteiger partial charge in [0.2, 0.25) is 0 Å². The van der Waals surface area contributed by atoms with Crippen molar-refractivity contribution >= 4 is 22.8 Å². The number of carbonyl (C=O) groups excluding carboxylic acids is 1. The van der Waals surface area contributed by atoms with Crippen LogP contribution in [0.15, 0.2) is 53.7 Å². The maximum Gasteiger partial charge on any atom is 0.251 e. The second-order valence-electron chi connectivity index (χ2n) is 6.97. The molecule has 7 heteroatoms. The van der Waals surface area contributed by atoms with Crippen LogP contribution in [-0.2, 0) is 12.8 Å². The number of aliphatic imine (C=N–C) groups is 1. The van der Waals surface area contributed by atoms with Crippen molar-refractivity contribution in [2.24, 2.45) is 4.99 Å². The lowest BCUT2D eigenvalue weighted by molar-refractivity contribution is 0.0963. The smallest absolute Gasteiger partial charge is 0.251 e. The molecular weight excluding hydrogens is 381 g/mol. The van der Waals surface area contributed by atoms with Gasteiger partial charge in [-0.3, -0.25) is 9.79 Å². The van der Waals surface area contributed by atoms with Crippen LogP contribution in [0.2, 0.25) is 0 Å². The normalized spacial score (nSPS) is 11.5. The van der Waals surface area contributed by atoms with E-state index in [-0.39, 0.29) is 11.7 Å². The lowest BCUT2D eigenvalue weighted by Gasteiger charge is -2.11. The molecule has 0 bridgehead atoms. The maximum absolute atomic E-state index is 13.3. The molecule has 3 rings (SSSR count). The molecule has 1 aromatic heterocycles. The summed E-state index contributed by atoms with van der Waals surface area (Å²) in [6.07, 6.45) is 3.46. The summed E-state index contributed by atoms with van der Waals surface area (Å²) >= 11 is 0. The van der Waals surface area contributed by atoms with Gasteiger partial charge in [-0.2, -0.15) is 0 Å². The Morgan fingerprint density at radius 1 is 1.13 bits per heavy atom. The van der Waals surface area contributed by atoms with Gasteiger partial charge in [0.05, 0.1) is 0 Å². The average Bonchev–Trinajstić information content (AvgIpc) is 3.15. The van der Waals surface area contributed by atoms with E-state index in [1.165, 1.54) is 12.1 Å². The van der Waals surface area contributed by atoms with E-state index in [0.29, 0.717) is 18.7 Å². The molecular formula is C23H28FN5O. The van der Waals surface area contributed by atoms with Crippen LogP contribution >= 0.6 is 0 Å². The van der Waals surface area contributed by atoms with Gasteiger partial charge in [0, 0.05) is 49.3 Å². The molecule has 158 valence electrons. The number of aromatic amines is 1. The quantitative estimate of drug-likeness (QED) is 0.341. The lowest BCUT2D eigenvalue weighted by Crippen LogP contribution is -2.38. The largest absolute Gasteiger partial charge is 0.361 e. The summed E-state index contributed by atoms with van der Waals surface area (Å²) in [6, 6.07) is 12.4. The Morgan fingerprint density at radius 2 is 2.00 bits per heavy atom. The fraction of sp³-hybridized carbons (Fsp3) is 0.304. The molecule has 0 saturated heterocycles. The first-order valence-electron chi connectivity index (χ1n) is 10.2. The molecule has 1 heterocycles. The molecule has 0 fully saturated rings. The van der Waals surface area contributed by atoms with Gasteiger partial charge in [-0.05, 0) is 61.2 Å². The number of nitrogens with one attached hydrogen (secondary N) is 4. The van der Waals surface area contributed by atoms with Crippen molar-refractivity contribution in [1.29, 1.82) is 0 Å². The third-order valence-corrected chi connectivity index (χ3v) is 4.85. The molecule has 0 saturated carbocycles. The van der Waals surface area contributed by atoms with Crippen molar-refractivity contribution in [3.8, 4) is 0 Å². The van der Waals surface area contributed by atoms with Crippen LogP contribution in [0.4, 0.5) is 4.39 Å². The average molecular weight is 410 g/mol. The van der Waals surface area contributed by atoms with E-state index in [1.54, 1.807) is 19.2 Å². The van der Waals surface area contributed by atoms with Gasteiger partial charge in [0.25, 0.3) is 5.91 Å². The fourth-order valence-electron chi connectivity index (χ4n) is 3.33. The zero-order chi connectivity index (χ0) is 21.3. The molecule has 0 aliphatic carbocycles. The van der Waals surface area contributed by atoms with Crippen molar-refractivity contribution < 1.29 is 9.18 Å². The summed E-state index contributed by atoms with van der Waals surface area (Å²) in [5.41, 5.74) is 3.67. The van der Waals surface area contributed by atoms with Gasteiger partial charge in [-0.15, -0.1) is 0 Å². The zero-order valence-electron chi connectivity index (χ0n) is 17.4. The number of hydrogen-bond donors (Lipinski definition) is 4. The lowest BCUT2D eigenvalue weighted by atomic mass is 10.1. The first kappa shape index (κ1) is 21.4. The van der Waals surface area contributed by atoms with Crippen LogP contribution in [0.3, 0.4) is 0 Å². The molecule has 3 aromatic rings. The highest BCUT2D eigenvalue weighted by atomic mass is 19.1. The SMILES string of the molecule is CCNC(=NCCc1c[nH]c2cc(F)ccc12)NCCc1cccc(C(=O)NC)c1. The zero-order valence-corrected chi connectivity index (χ0v) is 17.4. The van der Waals surface area contributed by atoms with E-state index < -0.39 is 0 Å². The maximum atomic E-state index is 13.3. The predicted molar refractivity (Wildman–Crippen MR) is 119 cm³/mol. The Hall–Kier alpha value is -3.35. The van der Waals surface area contributed by atoms with Gasteiger partial charge in [-0.1, -0.05) is 12.1 Å². The highest BCUT2D eigenvalue weighted by Gasteiger charge is 2.06. The minimum absolute atomic E-state index is 0.0836. The highest BCUT2D eigenvalue weighted by molar-refractivity contribution is 5.94. The number of aromatic nitrogens is 1. The summed E-state index contributed by atoms with van der Waals surface area (Å²) in [5, 5.41) is 10.3. The third-order valence-electron chi connectivity index (χ3n) is 4.85. The van der Waals surface area contributed by atoms with Crippen LogP contribution in [0.1, 0.15) is 28.4 Å². The van der Waals surface area contributed by atoms with Crippen LogP contribution < -0.4 is 16.0 Å². The number of nitrogens with zero attached hydrogens (tertiary/aromatic N) is 1. The van der Waals surface area contributed by atoms with Gasteiger partial charge in [0.1, 0.15) is 5.82 Å². The summed E-state index contributed by atoms with van der Waals surface area (Å²) in [6.45, 7) is 4.11. The fourth-order valence-corrected chi connectivity index (χ4v) is 3.33. The number of guanidine groups is 1. The van der Waals surface area contributed by atoms with Gasteiger partial charge in [-0.25, -0.2) is 4.39 Å². The van der Waals surface area contributed by atoms with E-state index >= 15 is 0 Å². The van der Waals surface area contributed by atoms with E-state index in [1.807, 2.05) is 31.3 Å². The Kier molecular flexibility index (Phi) is 7.43. The molecule has 0 radical (unpaired) electrons. The number of H-pyrrole nitrogens is 1. The van der Waals surface area contributed by atoms with Crippen molar-refractivity contribution in [2.45, 2.75) is 19.8 Å². The van der Waals surface area contributed by atoms with Gasteiger partial charge in [0.15, 0.2) is 5.96 Å². The van der Waals surface area contributed by atoms with E-state index in [2.05, 4.69) is 25.9 Å². The van der Waals surface area contributed by atoms with Crippen molar-refractivity contribution in [3.63, 3.8) is 0 Å². The Balaban J connectivity index is 1.55. The number of carbonyl (C=O) groups is 1. The molecule has 6 nitrogen and oxygen atoms in total. The molecule has 0 atom stereocenters. The monoisotopic (exact) mass is 409 g/mol. The Morgan fingerprint density at radius 3 is 2.80 bits per heavy atom. The van der Waals surface area contributed by atoms with Gasteiger partial charge < -0.3 is 20.9 Å². The van der Waals surface area contributed by atoms with Crippen LogP contribution in [0, 0.1) is 5.82 Å². The molecule has 4 N–H and O–H groups in total. The number of halogens is 1. The van der Waals surface area contributed by atoms with Crippen molar-refractivity contribution in [2.75, 3.05) is 26.7 Å². The Bertz CT molecular complexity index is 1030. The van der Waals surface area contributed by atoms with E-state index in [0.717, 1.165) is 47.4 Å². The molecule has 1 amide bonds. The van der Waals surface area contributed by atoms with E-state index in [9.17, 15) is 9.18 Å². The van der Waals surface area contributed by atoms with Gasteiger partial charge >= 0.3 is 0 Å². The molecule has 30 heavy (non-hydrogen) atoms. The van der Waals surface area contributed by atoms with Crippen molar-refractivity contribution in [3.05, 3.63) is 71.2 Å². The Labute approximate surface area is 176 Å². The first-order valence-corrected chi connectivity index (χ1v) is 10.2. The third kappa shape index (κ3) is 5.59. The number of benzene rings is 2. The molecule has 0 unspecified atom stereocenters. The number of amides is 1. The predicted octanol–water partition coefficient (Wildman–Crippen LogP) is 3.01. The summed E-state index contributed by atoms with van der Waals surface area (Å²) in [5.74, 6) is 0.430. The second kappa shape index (κ2) is 10.4. The first-order chi connectivity index (χ1) is 14.6. The molecule has 0 aliphatic rings. The summed E-state index contributed by atoms with van der Waals surface area (Å²) in [4.78, 5) is 19.5. The molecule has 0 aliphatic heterocycles. The van der Waals surface area contributed by atoms with Crippen LogP contribution in [-0.4, -0.2) is 43.5 Å². The number of rotatable bonds is 8. The van der Waals surface area contributed by atoms with Crippen molar-refractivity contribution in [1.82, 2.24) is 20.9 Å². The van der Waals surface area contributed by atoms with Crippen LogP contribution in [0.5, 0.6) is 0 Å². The van der Waals surface area contributed by atoms with Crippen LogP contribution in [0.25, 0.3) is 10.9 Å². The molecule has 0 spiro atoms. The second-order valence-corrected chi connectivity index (χ2v) is 6.97. The standard InChI is InChI=1S/C23H28FN5O/c1-3-26-23(27-11-9-16-5-4-6-17(13-16)22(30)25-2)28-12-10-18-15-29-21-14-19(24)7-8-20(18)21/h4-8,13-15,29H,3,9-12H2,1-2H3,(H,25,30)(H2,26,27,28). The minimum Gasteiger partial charge on any atom is -0.361 e. The topological polar surface area (TPSA) is 81.3 Å². The molecule has 2 aromatic carbocycles.